The zero-order valence-corrected chi connectivity index (χ0v) is 17.9. The summed E-state index contributed by atoms with van der Waals surface area (Å²) in [5.41, 5.74) is 1.77. The molecule has 2 aromatic heterocycles. The lowest BCUT2D eigenvalue weighted by Crippen LogP contribution is -2.31. The number of anilines is 1. The fraction of sp³-hybridized carbons (Fsp3) is 0.143. The van der Waals surface area contributed by atoms with E-state index in [0.29, 0.717) is 33.5 Å². The number of fused-ring (bicyclic) bond motifs is 1. The Morgan fingerprint density at radius 2 is 1.77 bits per heavy atom. The molecule has 7 nitrogen and oxygen atoms in total. The van der Waals surface area contributed by atoms with E-state index in [0.717, 1.165) is 0 Å². The van der Waals surface area contributed by atoms with Gasteiger partial charge in [0.2, 0.25) is 0 Å². The van der Waals surface area contributed by atoms with Crippen molar-refractivity contribution >= 4 is 33.0 Å². The molecule has 0 unspecified atom stereocenters. The molecule has 0 radical (unpaired) electrons. The molecule has 0 saturated heterocycles. The number of ether oxygens (including phenoxy) is 1. The Morgan fingerprint density at radius 1 is 1.03 bits per heavy atom. The normalized spacial score (nSPS) is 11.6. The van der Waals surface area contributed by atoms with Crippen LogP contribution >= 0.6 is 11.6 Å². The van der Waals surface area contributed by atoms with E-state index in [1.54, 1.807) is 60.9 Å². The van der Waals surface area contributed by atoms with Crippen LogP contribution in [0.25, 0.3) is 5.65 Å². The van der Waals surface area contributed by atoms with Gasteiger partial charge in [0.05, 0.1) is 19.3 Å². The van der Waals surface area contributed by atoms with Crippen LogP contribution < -0.4 is 9.04 Å². The molecular weight excluding hydrogens is 424 g/mol. The maximum Gasteiger partial charge on any atom is 0.266 e. The van der Waals surface area contributed by atoms with Crippen LogP contribution in [0.2, 0.25) is 5.02 Å². The Balaban J connectivity index is 1.83. The summed E-state index contributed by atoms with van der Waals surface area (Å²) >= 11 is 6.32. The molecule has 0 saturated carbocycles. The number of halogens is 1. The van der Waals surface area contributed by atoms with Crippen molar-refractivity contribution in [2.45, 2.75) is 18.4 Å². The van der Waals surface area contributed by atoms with Gasteiger partial charge in [-0.2, -0.15) is 0 Å². The summed E-state index contributed by atoms with van der Waals surface area (Å²) in [5, 5.41) is 8.51. The van der Waals surface area contributed by atoms with Crippen LogP contribution in [0.1, 0.15) is 11.4 Å². The smallest absolute Gasteiger partial charge is 0.266 e. The van der Waals surface area contributed by atoms with Crippen LogP contribution in [0, 0.1) is 6.92 Å². The highest BCUT2D eigenvalue weighted by Gasteiger charge is 2.27. The highest BCUT2D eigenvalue weighted by molar-refractivity contribution is 7.92. The predicted molar refractivity (Wildman–Crippen MR) is 116 cm³/mol. The molecule has 154 valence electrons. The summed E-state index contributed by atoms with van der Waals surface area (Å²) in [5.74, 6) is 1.24. The Morgan fingerprint density at radius 3 is 2.47 bits per heavy atom. The summed E-state index contributed by atoms with van der Waals surface area (Å²) in [7, 11) is -2.36. The average molecular weight is 443 g/mol. The summed E-state index contributed by atoms with van der Waals surface area (Å²) in [6.07, 6.45) is 1.53. The van der Waals surface area contributed by atoms with Crippen LogP contribution in [-0.2, 0) is 16.6 Å². The lowest BCUT2D eigenvalue weighted by molar-refractivity contribution is 0.415. The lowest BCUT2D eigenvalue weighted by Gasteiger charge is -2.25. The van der Waals surface area contributed by atoms with Gasteiger partial charge in [-0.3, -0.25) is 8.71 Å². The van der Waals surface area contributed by atoms with Gasteiger partial charge in [-0.05, 0) is 55.0 Å². The van der Waals surface area contributed by atoms with Crippen molar-refractivity contribution < 1.29 is 13.2 Å². The lowest BCUT2D eigenvalue weighted by atomic mass is 10.2. The fourth-order valence-electron chi connectivity index (χ4n) is 3.11. The number of benzene rings is 2. The number of sulfonamides is 1. The molecule has 0 amide bonds. The largest absolute Gasteiger partial charge is 0.497 e. The van der Waals surface area contributed by atoms with Gasteiger partial charge < -0.3 is 4.74 Å². The zero-order valence-electron chi connectivity index (χ0n) is 16.4. The molecule has 0 N–H and O–H groups in total. The zero-order chi connectivity index (χ0) is 21.3. The standard InChI is InChI=1S/C21H19ClN4O3S/c1-15-23-24-21-12-11-19(14-25(15)21)30(27,28)26(13-16-5-3-4-6-20(16)22)17-7-9-18(29-2)10-8-17/h3-12,14H,13H2,1-2H3. The van der Waals surface area contributed by atoms with E-state index in [9.17, 15) is 8.42 Å². The average Bonchev–Trinajstić information content (AvgIpc) is 3.13. The van der Waals surface area contributed by atoms with E-state index in [1.807, 2.05) is 12.1 Å². The third-order valence-corrected chi connectivity index (χ3v) is 6.89. The van der Waals surface area contributed by atoms with Crippen molar-refractivity contribution in [3.63, 3.8) is 0 Å². The van der Waals surface area contributed by atoms with E-state index in [1.165, 1.54) is 16.6 Å². The van der Waals surface area contributed by atoms with Crippen molar-refractivity contribution in [3.05, 3.63) is 83.3 Å². The maximum absolute atomic E-state index is 13.7. The van der Waals surface area contributed by atoms with Gasteiger partial charge in [0.1, 0.15) is 16.5 Å². The predicted octanol–water partition coefficient (Wildman–Crippen LogP) is 4.10. The first-order valence-corrected chi connectivity index (χ1v) is 10.9. The number of hydrogen-bond acceptors (Lipinski definition) is 5. The number of pyridine rings is 1. The number of rotatable bonds is 6. The monoisotopic (exact) mass is 442 g/mol. The van der Waals surface area contributed by atoms with Crippen LogP contribution in [0.3, 0.4) is 0 Å². The first-order chi connectivity index (χ1) is 14.4. The highest BCUT2D eigenvalue weighted by atomic mass is 35.5. The number of hydrogen-bond donors (Lipinski definition) is 0. The van der Waals surface area contributed by atoms with E-state index in [2.05, 4.69) is 10.2 Å². The Labute approximate surface area is 179 Å². The second kappa shape index (κ2) is 7.97. The minimum absolute atomic E-state index is 0.0769. The highest BCUT2D eigenvalue weighted by Crippen LogP contribution is 2.29. The summed E-state index contributed by atoms with van der Waals surface area (Å²) in [6.45, 7) is 1.84. The topological polar surface area (TPSA) is 76.8 Å². The van der Waals surface area contributed by atoms with Crippen molar-refractivity contribution in [2.75, 3.05) is 11.4 Å². The van der Waals surface area contributed by atoms with Crippen molar-refractivity contribution in [3.8, 4) is 5.75 Å². The van der Waals surface area contributed by atoms with Gasteiger partial charge in [0.25, 0.3) is 10.0 Å². The SMILES string of the molecule is COc1ccc(N(Cc2ccccc2Cl)S(=O)(=O)c2ccc3nnc(C)n3c2)cc1. The van der Waals surface area contributed by atoms with E-state index < -0.39 is 10.0 Å². The van der Waals surface area contributed by atoms with Crippen molar-refractivity contribution in [1.82, 2.24) is 14.6 Å². The minimum atomic E-state index is -3.92. The molecule has 0 aliphatic carbocycles. The second-order valence-electron chi connectivity index (χ2n) is 6.64. The van der Waals surface area contributed by atoms with E-state index in [-0.39, 0.29) is 11.4 Å². The van der Waals surface area contributed by atoms with Crippen LogP contribution in [0.5, 0.6) is 5.75 Å². The summed E-state index contributed by atoms with van der Waals surface area (Å²) in [4.78, 5) is 0.126. The Hall–Kier alpha value is -3.10. The molecule has 0 atom stereocenters. The Kier molecular flexibility index (Phi) is 5.36. The number of aromatic nitrogens is 3. The van der Waals surface area contributed by atoms with Gasteiger partial charge in [0, 0.05) is 11.2 Å². The molecule has 2 aromatic carbocycles. The first kappa shape index (κ1) is 20.2. The molecule has 0 aliphatic rings. The van der Waals surface area contributed by atoms with Crippen LogP contribution in [0.4, 0.5) is 5.69 Å². The van der Waals surface area contributed by atoms with E-state index >= 15 is 0 Å². The molecule has 2 heterocycles. The van der Waals surface area contributed by atoms with E-state index in [4.69, 9.17) is 16.3 Å². The fourth-order valence-corrected chi connectivity index (χ4v) is 4.75. The maximum atomic E-state index is 13.7. The number of methoxy groups -OCH3 is 1. The molecule has 4 aromatic rings. The second-order valence-corrected chi connectivity index (χ2v) is 8.91. The Bertz CT molecular complexity index is 1300. The van der Waals surface area contributed by atoms with Gasteiger partial charge in [-0.25, -0.2) is 8.42 Å². The molecule has 4 rings (SSSR count). The molecule has 0 fully saturated rings. The molecule has 30 heavy (non-hydrogen) atoms. The van der Waals surface area contributed by atoms with Crippen molar-refractivity contribution in [2.24, 2.45) is 0 Å². The molecule has 0 bridgehead atoms. The molecular formula is C21H19ClN4O3S. The molecule has 9 heteroatoms. The van der Waals surface area contributed by atoms with Gasteiger partial charge >= 0.3 is 0 Å². The van der Waals surface area contributed by atoms with Crippen LogP contribution in [-0.4, -0.2) is 30.1 Å². The van der Waals surface area contributed by atoms with Crippen molar-refractivity contribution in [1.29, 1.82) is 0 Å². The van der Waals surface area contributed by atoms with Gasteiger partial charge in [-0.1, -0.05) is 29.8 Å². The summed E-state index contributed by atoms with van der Waals surface area (Å²) < 4.78 is 35.5. The quantitative estimate of drug-likeness (QED) is 0.449. The third kappa shape index (κ3) is 3.71. The van der Waals surface area contributed by atoms with Gasteiger partial charge in [-0.15, -0.1) is 10.2 Å². The van der Waals surface area contributed by atoms with Gasteiger partial charge in [0.15, 0.2) is 5.65 Å². The number of nitrogens with zero attached hydrogens (tertiary/aromatic N) is 4. The molecule has 0 aliphatic heterocycles. The third-order valence-electron chi connectivity index (χ3n) is 4.77. The summed E-state index contributed by atoms with van der Waals surface area (Å²) in [6, 6.07) is 17.2. The minimum Gasteiger partial charge on any atom is -0.497 e. The first-order valence-electron chi connectivity index (χ1n) is 9.12. The van der Waals surface area contributed by atoms with Crippen LogP contribution in [0.15, 0.2) is 71.8 Å². The molecule has 0 spiro atoms. The number of aryl methyl sites for hydroxylation is 1.